The van der Waals surface area contributed by atoms with Gasteiger partial charge in [-0.2, -0.15) is 4.31 Å². The molecule has 1 heterocycles. The van der Waals surface area contributed by atoms with Gasteiger partial charge in [-0.1, -0.05) is 12.2 Å². The van der Waals surface area contributed by atoms with Crippen LogP contribution in [0.25, 0.3) is 0 Å². The van der Waals surface area contributed by atoms with Crippen molar-refractivity contribution in [1.82, 2.24) is 4.31 Å². The Hall–Kier alpha value is -0.200. The lowest BCUT2D eigenvalue weighted by Crippen LogP contribution is -2.42. The van der Waals surface area contributed by atoms with Crippen LogP contribution in [0.1, 0.15) is 13.3 Å². The Morgan fingerprint density at radius 2 is 2.25 bits per heavy atom. The lowest BCUT2D eigenvalue weighted by molar-refractivity contribution is 0.423. The number of nitrogens with zero attached hydrogens (tertiary/aromatic N) is 1. The molecule has 1 saturated heterocycles. The summed E-state index contributed by atoms with van der Waals surface area (Å²) in [4.78, 5) is 0.237. The predicted molar refractivity (Wildman–Crippen MR) is 51.4 cm³/mol. The highest BCUT2D eigenvalue weighted by Gasteiger charge is 2.33. The lowest BCUT2D eigenvalue weighted by Gasteiger charge is -2.20. The fraction of sp³-hybridized carbons (Fsp3) is 0.833. The van der Waals surface area contributed by atoms with Gasteiger partial charge in [-0.05, 0) is 13.3 Å². The van der Waals surface area contributed by atoms with Crippen LogP contribution in [0.4, 0.5) is 0 Å². The van der Waals surface area contributed by atoms with Crippen LogP contribution >= 0.6 is 12.2 Å². The van der Waals surface area contributed by atoms with E-state index in [-0.39, 0.29) is 16.8 Å². The summed E-state index contributed by atoms with van der Waals surface area (Å²) in [5.74, 6) is 0.222. The Labute approximate surface area is 77.8 Å². The van der Waals surface area contributed by atoms with Gasteiger partial charge < -0.3 is 5.73 Å². The Balaban J connectivity index is 2.83. The number of hydrogen-bond donors (Lipinski definition) is 1. The Morgan fingerprint density at radius 3 is 2.58 bits per heavy atom. The standard InChI is InChI=1S/C6H12N2O2S2/c1-5(6(7)11)8-3-2-4-12(8,9)10/h5H,2-4H2,1H3,(H2,7,11). The molecule has 0 aromatic rings. The molecule has 1 atom stereocenters. The van der Waals surface area contributed by atoms with Gasteiger partial charge in [0.05, 0.1) is 16.8 Å². The first kappa shape index (κ1) is 9.88. The second kappa shape index (κ2) is 3.27. The first-order valence-corrected chi connectivity index (χ1v) is 5.76. The maximum Gasteiger partial charge on any atom is 0.214 e. The third kappa shape index (κ3) is 1.75. The minimum Gasteiger partial charge on any atom is -0.392 e. The molecule has 12 heavy (non-hydrogen) atoms. The van der Waals surface area contributed by atoms with E-state index >= 15 is 0 Å². The zero-order valence-electron chi connectivity index (χ0n) is 6.86. The van der Waals surface area contributed by atoms with Crippen molar-refractivity contribution in [2.45, 2.75) is 19.4 Å². The maximum absolute atomic E-state index is 11.3. The van der Waals surface area contributed by atoms with E-state index in [1.54, 1.807) is 6.92 Å². The third-order valence-corrected chi connectivity index (χ3v) is 4.34. The highest BCUT2D eigenvalue weighted by atomic mass is 32.2. The average molecular weight is 208 g/mol. The van der Waals surface area contributed by atoms with Crippen molar-refractivity contribution in [2.24, 2.45) is 5.73 Å². The van der Waals surface area contributed by atoms with Gasteiger partial charge in [0, 0.05) is 6.54 Å². The fourth-order valence-electron chi connectivity index (χ4n) is 1.24. The highest BCUT2D eigenvalue weighted by Crippen LogP contribution is 2.16. The Morgan fingerprint density at radius 1 is 1.67 bits per heavy atom. The fourth-order valence-corrected chi connectivity index (χ4v) is 3.16. The van der Waals surface area contributed by atoms with Crippen molar-refractivity contribution in [1.29, 1.82) is 0 Å². The summed E-state index contributed by atoms with van der Waals surface area (Å²) in [6, 6.07) is -0.340. The van der Waals surface area contributed by atoms with E-state index < -0.39 is 10.0 Å². The first-order chi connectivity index (χ1) is 5.45. The second-order valence-corrected chi connectivity index (χ2v) is 5.37. The van der Waals surface area contributed by atoms with Crippen LogP contribution in [0.5, 0.6) is 0 Å². The van der Waals surface area contributed by atoms with Crippen LogP contribution in [-0.2, 0) is 10.0 Å². The molecule has 0 bridgehead atoms. The van der Waals surface area contributed by atoms with Crippen LogP contribution in [0.3, 0.4) is 0 Å². The molecule has 1 unspecified atom stereocenters. The molecule has 1 rings (SSSR count). The number of sulfonamides is 1. The number of hydrogen-bond acceptors (Lipinski definition) is 3. The molecule has 0 spiro atoms. The SMILES string of the molecule is CC(C(N)=S)N1CCCS1(=O)=O. The van der Waals surface area contributed by atoms with E-state index in [2.05, 4.69) is 0 Å². The summed E-state index contributed by atoms with van der Waals surface area (Å²) < 4.78 is 24.0. The van der Waals surface area contributed by atoms with Crippen LogP contribution in [0.15, 0.2) is 0 Å². The number of nitrogens with two attached hydrogens (primary N) is 1. The van der Waals surface area contributed by atoms with Gasteiger partial charge in [-0.3, -0.25) is 0 Å². The molecular formula is C6H12N2O2S2. The zero-order chi connectivity index (χ0) is 9.35. The number of thiocarbonyl (C=S) groups is 1. The van der Waals surface area contributed by atoms with Gasteiger partial charge in [0.2, 0.25) is 10.0 Å². The number of rotatable bonds is 2. The summed E-state index contributed by atoms with van der Waals surface area (Å²) in [5.41, 5.74) is 5.36. The normalized spacial score (nSPS) is 25.4. The van der Waals surface area contributed by atoms with Crippen molar-refractivity contribution >= 4 is 27.2 Å². The summed E-state index contributed by atoms with van der Waals surface area (Å²) >= 11 is 4.73. The van der Waals surface area contributed by atoms with E-state index in [4.69, 9.17) is 18.0 Å². The van der Waals surface area contributed by atoms with E-state index in [0.29, 0.717) is 13.0 Å². The second-order valence-electron chi connectivity index (χ2n) is 2.86. The van der Waals surface area contributed by atoms with Gasteiger partial charge in [0.15, 0.2) is 0 Å². The van der Waals surface area contributed by atoms with E-state index in [9.17, 15) is 8.42 Å². The van der Waals surface area contributed by atoms with E-state index in [1.807, 2.05) is 0 Å². The molecule has 70 valence electrons. The monoisotopic (exact) mass is 208 g/mol. The van der Waals surface area contributed by atoms with Gasteiger partial charge in [-0.15, -0.1) is 0 Å². The summed E-state index contributed by atoms with van der Waals surface area (Å²) in [6.07, 6.45) is 0.676. The molecule has 0 aliphatic carbocycles. The summed E-state index contributed by atoms with van der Waals surface area (Å²) in [7, 11) is -3.07. The van der Waals surface area contributed by atoms with Crippen LogP contribution < -0.4 is 5.73 Å². The van der Waals surface area contributed by atoms with Crippen molar-refractivity contribution in [3.05, 3.63) is 0 Å². The van der Waals surface area contributed by atoms with Gasteiger partial charge >= 0.3 is 0 Å². The molecule has 1 aliphatic rings. The van der Waals surface area contributed by atoms with Gasteiger partial charge in [0.25, 0.3) is 0 Å². The predicted octanol–water partition coefficient (Wildman–Crippen LogP) is -0.304. The minimum absolute atomic E-state index is 0.222. The molecule has 0 aromatic carbocycles. The molecule has 1 fully saturated rings. The Kier molecular flexibility index (Phi) is 2.70. The molecule has 1 aliphatic heterocycles. The average Bonchev–Trinajstić information content (AvgIpc) is 2.27. The third-order valence-electron chi connectivity index (χ3n) is 1.98. The summed E-state index contributed by atoms with van der Waals surface area (Å²) in [5, 5.41) is 0. The van der Waals surface area contributed by atoms with Crippen LogP contribution in [0, 0.1) is 0 Å². The molecule has 0 radical (unpaired) electrons. The maximum atomic E-state index is 11.3. The molecule has 4 nitrogen and oxygen atoms in total. The highest BCUT2D eigenvalue weighted by molar-refractivity contribution is 7.89. The molecule has 6 heteroatoms. The van der Waals surface area contributed by atoms with Crippen molar-refractivity contribution < 1.29 is 8.42 Å². The molecular weight excluding hydrogens is 196 g/mol. The van der Waals surface area contributed by atoms with E-state index in [1.165, 1.54) is 4.31 Å². The minimum atomic E-state index is -3.07. The van der Waals surface area contributed by atoms with Crippen LogP contribution in [0.2, 0.25) is 0 Å². The van der Waals surface area contributed by atoms with E-state index in [0.717, 1.165) is 0 Å². The van der Waals surface area contributed by atoms with Crippen molar-refractivity contribution in [3.8, 4) is 0 Å². The van der Waals surface area contributed by atoms with Crippen molar-refractivity contribution in [2.75, 3.05) is 12.3 Å². The molecule has 0 amide bonds. The van der Waals surface area contributed by atoms with Gasteiger partial charge in [0.1, 0.15) is 0 Å². The molecule has 0 saturated carbocycles. The quantitative estimate of drug-likeness (QED) is 0.633. The Bertz CT molecular complexity index is 286. The largest absolute Gasteiger partial charge is 0.392 e. The zero-order valence-corrected chi connectivity index (χ0v) is 8.49. The lowest BCUT2D eigenvalue weighted by atomic mass is 10.3. The smallest absolute Gasteiger partial charge is 0.214 e. The molecule has 2 N–H and O–H groups in total. The molecule has 0 aromatic heterocycles. The first-order valence-electron chi connectivity index (χ1n) is 3.74. The van der Waals surface area contributed by atoms with Crippen LogP contribution in [-0.4, -0.2) is 36.1 Å². The topological polar surface area (TPSA) is 63.4 Å². The summed E-state index contributed by atoms with van der Waals surface area (Å²) in [6.45, 7) is 2.26. The van der Waals surface area contributed by atoms with Gasteiger partial charge in [-0.25, -0.2) is 8.42 Å². The van der Waals surface area contributed by atoms with Crippen molar-refractivity contribution in [3.63, 3.8) is 0 Å².